The first kappa shape index (κ1) is 12.2. The molecule has 98 valence electrons. The van der Waals surface area contributed by atoms with E-state index in [-0.39, 0.29) is 23.1 Å². The van der Waals surface area contributed by atoms with Gasteiger partial charge in [0.1, 0.15) is 5.56 Å². The molecule has 1 amide bonds. The van der Waals surface area contributed by atoms with Gasteiger partial charge in [-0.25, -0.2) is 0 Å². The molecule has 3 rings (SSSR count). The summed E-state index contributed by atoms with van der Waals surface area (Å²) in [6, 6.07) is 5.43. The summed E-state index contributed by atoms with van der Waals surface area (Å²) in [6.07, 6.45) is 3.49. The van der Waals surface area contributed by atoms with Crippen LogP contribution >= 0.6 is 11.3 Å². The van der Waals surface area contributed by atoms with Crippen LogP contribution in [0.4, 0.5) is 0 Å². The molecule has 1 saturated heterocycles. The van der Waals surface area contributed by atoms with Gasteiger partial charge in [-0.05, 0) is 47.4 Å². The first-order valence-corrected chi connectivity index (χ1v) is 7.22. The highest BCUT2D eigenvalue weighted by molar-refractivity contribution is 7.07. The van der Waals surface area contributed by atoms with E-state index in [0.717, 1.165) is 12.8 Å². The molecule has 0 radical (unpaired) electrons. The molecule has 2 aromatic rings. The van der Waals surface area contributed by atoms with Gasteiger partial charge < -0.3 is 9.88 Å². The SMILES string of the molecule is O=C(c1ccc[nH]c1=O)N1CCCC1c1ccsc1. The lowest BCUT2D eigenvalue weighted by Crippen LogP contribution is -2.34. The minimum absolute atomic E-state index is 0.110. The number of likely N-dealkylation sites (tertiary alicyclic amines) is 1. The van der Waals surface area contributed by atoms with Crippen molar-refractivity contribution >= 4 is 17.2 Å². The van der Waals surface area contributed by atoms with Crippen LogP contribution in [0.15, 0.2) is 40.0 Å². The van der Waals surface area contributed by atoms with Crippen LogP contribution in [0.5, 0.6) is 0 Å². The molecule has 4 nitrogen and oxygen atoms in total. The van der Waals surface area contributed by atoms with Gasteiger partial charge in [0.25, 0.3) is 11.5 Å². The summed E-state index contributed by atoms with van der Waals surface area (Å²) in [7, 11) is 0. The lowest BCUT2D eigenvalue weighted by Gasteiger charge is -2.23. The Morgan fingerprint density at radius 1 is 1.42 bits per heavy atom. The molecule has 1 aliphatic heterocycles. The summed E-state index contributed by atoms with van der Waals surface area (Å²) in [5, 5.41) is 4.09. The highest BCUT2D eigenvalue weighted by atomic mass is 32.1. The molecule has 0 saturated carbocycles. The van der Waals surface area contributed by atoms with E-state index in [4.69, 9.17) is 0 Å². The number of carbonyl (C=O) groups excluding carboxylic acids is 1. The first-order chi connectivity index (χ1) is 9.27. The van der Waals surface area contributed by atoms with Gasteiger partial charge in [-0.3, -0.25) is 9.59 Å². The summed E-state index contributed by atoms with van der Waals surface area (Å²) in [6.45, 7) is 0.716. The Morgan fingerprint density at radius 3 is 3.05 bits per heavy atom. The summed E-state index contributed by atoms with van der Waals surface area (Å²) in [5.74, 6) is -0.171. The number of carbonyl (C=O) groups is 1. The zero-order valence-corrected chi connectivity index (χ0v) is 11.2. The Hall–Kier alpha value is -1.88. The molecule has 0 aromatic carbocycles. The molecule has 0 aliphatic carbocycles. The van der Waals surface area contributed by atoms with Crippen molar-refractivity contribution in [1.29, 1.82) is 0 Å². The van der Waals surface area contributed by atoms with E-state index in [1.165, 1.54) is 5.56 Å². The Labute approximate surface area is 114 Å². The van der Waals surface area contributed by atoms with Crippen LogP contribution in [-0.2, 0) is 0 Å². The van der Waals surface area contributed by atoms with E-state index in [1.54, 1.807) is 29.7 Å². The van der Waals surface area contributed by atoms with E-state index in [0.29, 0.717) is 6.54 Å². The second-order valence-electron chi connectivity index (χ2n) is 4.63. The normalized spacial score (nSPS) is 18.7. The Balaban J connectivity index is 1.91. The second-order valence-corrected chi connectivity index (χ2v) is 5.41. The number of H-pyrrole nitrogens is 1. The van der Waals surface area contributed by atoms with E-state index in [1.807, 2.05) is 10.3 Å². The summed E-state index contributed by atoms with van der Waals surface area (Å²) in [5.41, 5.74) is 1.08. The van der Waals surface area contributed by atoms with Gasteiger partial charge in [0.15, 0.2) is 0 Å². The lowest BCUT2D eigenvalue weighted by molar-refractivity contribution is 0.0734. The van der Waals surface area contributed by atoms with Gasteiger partial charge in [-0.15, -0.1) is 0 Å². The standard InChI is InChI=1S/C14H14N2O2S/c17-13-11(3-1-6-15-13)14(18)16-7-2-4-12(16)10-5-8-19-9-10/h1,3,5-6,8-9,12H,2,4,7H2,(H,15,17). The minimum Gasteiger partial charge on any atom is -0.331 e. The van der Waals surface area contributed by atoms with Gasteiger partial charge in [-0.1, -0.05) is 0 Å². The number of amides is 1. The van der Waals surface area contributed by atoms with E-state index in [2.05, 4.69) is 16.4 Å². The Kier molecular flexibility index (Phi) is 3.21. The maximum Gasteiger partial charge on any atom is 0.260 e. The monoisotopic (exact) mass is 274 g/mol. The maximum absolute atomic E-state index is 12.5. The third-order valence-corrected chi connectivity index (χ3v) is 4.19. The molecule has 1 fully saturated rings. The van der Waals surface area contributed by atoms with Crippen molar-refractivity contribution in [2.75, 3.05) is 6.54 Å². The van der Waals surface area contributed by atoms with Crippen LogP contribution in [0.25, 0.3) is 0 Å². The number of hydrogen-bond acceptors (Lipinski definition) is 3. The maximum atomic E-state index is 12.5. The van der Waals surface area contributed by atoms with Crippen LogP contribution in [0.3, 0.4) is 0 Å². The average molecular weight is 274 g/mol. The number of aromatic amines is 1. The second kappa shape index (κ2) is 5.01. The van der Waals surface area contributed by atoms with Crippen molar-refractivity contribution in [3.63, 3.8) is 0 Å². The molecule has 3 heterocycles. The van der Waals surface area contributed by atoms with Crippen LogP contribution < -0.4 is 5.56 Å². The van der Waals surface area contributed by atoms with Gasteiger partial charge in [0.05, 0.1) is 6.04 Å². The third kappa shape index (κ3) is 2.21. The van der Waals surface area contributed by atoms with Gasteiger partial charge >= 0.3 is 0 Å². The van der Waals surface area contributed by atoms with Crippen molar-refractivity contribution in [2.24, 2.45) is 0 Å². The molecule has 19 heavy (non-hydrogen) atoms. The highest BCUT2D eigenvalue weighted by Crippen LogP contribution is 2.33. The van der Waals surface area contributed by atoms with Crippen molar-refractivity contribution in [3.8, 4) is 0 Å². The van der Waals surface area contributed by atoms with Crippen LogP contribution in [0.2, 0.25) is 0 Å². The molecule has 5 heteroatoms. The van der Waals surface area contributed by atoms with Crippen molar-refractivity contribution in [3.05, 3.63) is 56.6 Å². The van der Waals surface area contributed by atoms with E-state index in [9.17, 15) is 9.59 Å². The molecule has 1 aliphatic rings. The van der Waals surface area contributed by atoms with Crippen molar-refractivity contribution in [2.45, 2.75) is 18.9 Å². The number of pyridine rings is 1. The number of aromatic nitrogens is 1. The van der Waals surface area contributed by atoms with Crippen LogP contribution in [-0.4, -0.2) is 22.3 Å². The van der Waals surface area contributed by atoms with Crippen molar-refractivity contribution < 1.29 is 4.79 Å². The fourth-order valence-corrected chi connectivity index (χ4v) is 3.27. The fourth-order valence-electron chi connectivity index (χ4n) is 2.57. The molecule has 1 atom stereocenters. The predicted octanol–water partition coefficient (Wildman–Crippen LogP) is 2.41. The number of nitrogens with one attached hydrogen (secondary N) is 1. The van der Waals surface area contributed by atoms with Crippen LogP contribution in [0.1, 0.15) is 34.8 Å². The van der Waals surface area contributed by atoms with Gasteiger partial charge in [0, 0.05) is 12.7 Å². The smallest absolute Gasteiger partial charge is 0.260 e. The zero-order chi connectivity index (χ0) is 13.2. The minimum atomic E-state index is -0.316. The summed E-state index contributed by atoms with van der Waals surface area (Å²) in [4.78, 5) is 28.6. The average Bonchev–Trinajstić information content (AvgIpc) is 3.09. The summed E-state index contributed by atoms with van der Waals surface area (Å²) >= 11 is 1.63. The van der Waals surface area contributed by atoms with E-state index < -0.39 is 0 Å². The van der Waals surface area contributed by atoms with Gasteiger partial charge in [0.2, 0.25) is 0 Å². The lowest BCUT2D eigenvalue weighted by atomic mass is 10.1. The highest BCUT2D eigenvalue weighted by Gasteiger charge is 2.31. The molecule has 0 spiro atoms. The number of nitrogens with zero attached hydrogens (tertiary/aromatic N) is 1. The largest absolute Gasteiger partial charge is 0.331 e. The summed E-state index contributed by atoms with van der Waals surface area (Å²) < 4.78 is 0. The molecule has 1 N–H and O–H groups in total. The number of hydrogen-bond donors (Lipinski definition) is 1. The molecule has 1 unspecified atom stereocenters. The third-order valence-electron chi connectivity index (χ3n) is 3.49. The molecular formula is C14H14N2O2S. The molecule has 2 aromatic heterocycles. The zero-order valence-electron chi connectivity index (χ0n) is 10.3. The number of thiophene rings is 1. The van der Waals surface area contributed by atoms with E-state index >= 15 is 0 Å². The predicted molar refractivity (Wildman–Crippen MR) is 74.4 cm³/mol. The topological polar surface area (TPSA) is 53.2 Å². The number of rotatable bonds is 2. The fraction of sp³-hybridized carbons (Fsp3) is 0.286. The first-order valence-electron chi connectivity index (χ1n) is 6.28. The molecular weight excluding hydrogens is 260 g/mol. The van der Waals surface area contributed by atoms with Crippen LogP contribution in [0, 0.1) is 0 Å². The Morgan fingerprint density at radius 2 is 2.32 bits per heavy atom. The van der Waals surface area contributed by atoms with Gasteiger partial charge in [-0.2, -0.15) is 11.3 Å². The quantitative estimate of drug-likeness (QED) is 0.914. The van der Waals surface area contributed by atoms with Crippen molar-refractivity contribution in [1.82, 2.24) is 9.88 Å². The molecule has 0 bridgehead atoms. The Bertz CT molecular complexity index is 633.